The predicted molar refractivity (Wildman–Crippen MR) is 57.4 cm³/mol. The fraction of sp³-hybridized carbons (Fsp3) is 0.182. The Labute approximate surface area is 91.3 Å². The number of aliphatic carboxylic acids is 1. The zero-order valence-electron chi connectivity index (χ0n) is 8.89. The van der Waals surface area contributed by atoms with Crippen molar-refractivity contribution in [2.75, 3.05) is 0 Å². The van der Waals surface area contributed by atoms with Gasteiger partial charge in [0.1, 0.15) is 0 Å². The van der Waals surface area contributed by atoms with E-state index in [0.717, 1.165) is 16.6 Å². The minimum absolute atomic E-state index is 0.169. The molecule has 0 amide bonds. The smallest absolute Gasteiger partial charge is 0.377 e. The quantitative estimate of drug-likeness (QED) is 0.606. The fourth-order valence-electron chi connectivity index (χ4n) is 1.70. The molecule has 0 spiro atoms. The summed E-state index contributed by atoms with van der Waals surface area (Å²) in [6, 6.07) is 4.77. The van der Waals surface area contributed by atoms with Gasteiger partial charge in [-0.05, 0) is 19.1 Å². The minimum atomic E-state index is -1.45. The number of fused-ring (bicyclic) bond motifs is 1. The molecule has 16 heavy (non-hydrogen) atoms. The Balaban J connectivity index is 2.64. The first-order valence-electron chi connectivity index (χ1n) is 4.71. The summed E-state index contributed by atoms with van der Waals surface area (Å²) >= 11 is 0. The third kappa shape index (κ3) is 1.46. The van der Waals surface area contributed by atoms with Crippen molar-refractivity contribution in [2.45, 2.75) is 6.92 Å². The Kier molecular flexibility index (Phi) is 2.23. The number of ketones is 1. The molecule has 0 aliphatic heterocycles. The summed E-state index contributed by atoms with van der Waals surface area (Å²) in [6.07, 6.45) is 0. The first-order chi connectivity index (χ1) is 7.50. The highest BCUT2D eigenvalue weighted by Crippen LogP contribution is 2.19. The summed E-state index contributed by atoms with van der Waals surface area (Å²) < 4.78 is 1.63. The lowest BCUT2D eigenvalue weighted by Gasteiger charge is -1.98. The van der Waals surface area contributed by atoms with Gasteiger partial charge in [-0.15, -0.1) is 0 Å². The molecular formula is C11H10N2O3. The molecule has 0 aliphatic carbocycles. The van der Waals surface area contributed by atoms with E-state index in [0.29, 0.717) is 0 Å². The molecule has 5 heteroatoms. The Morgan fingerprint density at radius 3 is 2.69 bits per heavy atom. The average molecular weight is 218 g/mol. The van der Waals surface area contributed by atoms with Gasteiger partial charge in [-0.3, -0.25) is 9.48 Å². The minimum Gasteiger partial charge on any atom is -0.475 e. The maximum Gasteiger partial charge on any atom is 0.377 e. The number of hydrogen-bond donors (Lipinski definition) is 1. The lowest BCUT2D eigenvalue weighted by molar-refractivity contribution is -0.131. The van der Waals surface area contributed by atoms with Crippen LogP contribution in [0.2, 0.25) is 0 Å². The van der Waals surface area contributed by atoms with E-state index < -0.39 is 11.8 Å². The highest BCUT2D eigenvalue weighted by molar-refractivity contribution is 6.40. The summed E-state index contributed by atoms with van der Waals surface area (Å²) in [4.78, 5) is 21.8. The lowest BCUT2D eigenvalue weighted by atomic mass is 10.1. The molecule has 0 unspecified atom stereocenters. The van der Waals surface area contributed by atoms with Crippen LogP contribution in [-0.2, 0) is 11.8 Å². The van der Waals surface area contributed by atoms with Gasteiger partial charge in [0.05, 0.1) is 11.2 Å². The summed E-state index contributed by atoms with van der Waals surface area (Å²) in [5.41, 5.74) is 1.78. The molecule has 82 valence electrons. The number of aromatic nitrogens is 2. The molecule has 1 heterocycles. The van der Waals surface area contributed by atoms with Gasteiger partial charge in [-0.2, -0.15) is 5.10 Å². The van der Waals surface area contributed by atoms with Gasteiger partial charge in [-0.1, -0.05) is 6.07 Å². The van der Waals surface area contributed by atoms with Gasteiger partial charge in [0, 0.05) is 18.0 Å². The monoisotopic (exact) mass is 218 g/mol. The number of aryl methyl sites for hydroxylation is 2. The Morgan fingerprint density at radius 2 is 2.06 bits per heavy atom. The molecule has 2 aromatic rings. The summed E-state index contributed by atoms with van der Waals surface area (Å²) in [5.74, 6) is -2.35. The third-order valence-corrected chi connectivity index (χ3v) is 2.49. The molecule has 0 saturated heterocycles. The SMILES string of the molecule is Cc1nn(C)c2cc(C(=O)C(=O)O)ccc12. The molecule has 0 radical (unpaired) electrons. The van der Waals surface area contributed by atoms with Crippen molar-refractivity contribution in [1.29, 1.82) is 0 Å². The Morgan fingerprint density at radius 1 is 1.38 bits per heavy atom. The summed E-state index contributed by atoms with van der Waals surface area (Å²) in [7, 11) is 1.75. The van der Waals surface area contributed by atoms with Crippen LogP contribution in [0.1, 0.15) is 16.1 Å². The Hall–Kier alpha value is -2.17. The van der Waals surface area contributed by atoms with Crippen LogP contribution in [-0.4, -0.2) is 26.6 Å². The van der Waals surface area contributed by atoms with Crippen LogP contribution >= 0.6 is 0 Å². The van der Waals surface area contributed by atoms with E-state index in [2.05, 4.69) is 5.10 Å². The second kappa shape index (κ2) is 3.44. The predicted octanol–water partition coefficient (Wildman–Crippen LogP) is 1.15. The van der Waals surface area contributed by atoms with Gasteiger partial charge >= 0.3 is 5.97 Å². The van der Waals surface area contributed by atoms with Gasteiger partial charge in [0.25, 0.3) is 5.78 Å². The highest BCUT2D eigenvalue weighted by atomic mass is 16.4. The number of nitrogens with zero attached hydrogens (tertiary/aromatic N) is 2. The molecule has 1 N–H and O–H groups in total. The molecule has 1 aromatic carbocycles. The van der Waals surface area contributed by atoms with Gasteiger partial charge in [0.2, 0.25) is 0 Å². The molecule has 1 aromatic heterocycles. The summed E-state index contributed by atoms with van der Waals surface area (Å²) in [6.45, 7) is 1.86. The van der Waals surface area contributed by atoms with E-state index in [1.807, 2.05) is 6.92 Å². The number of Topliss-reactive ketones (excluding diaryl/α,β-unsaturated/α-hetero) is 1. The second-order valence-electron chi connectivity index (χ2n) is 3.58. The zero-order valence-corrected chi connectivity index (χ0v) is 8.89. The maximum absolute atomic E-state index is 11.3. The molecule has 5 nitrogen and oxygen atoms in total. The summed E-state index contributed by atoms with van der Waals surface area (Å²) in [5, 5.41) is 13.7. The van der Waals surface area contributed by atoms with Crippen molar-refractivity contribution >= 4 is 22.7 Å². The van der Waals surface area contributed by atoms with E-state index in [-0.39, 0.29) is 5.56 Å². The van der Waals surface area contributed by atoms with Gasteiger partial charge in [-0.25, -0.2) is 4.79 Å². The van der Waals surface area contributed by atoms with E-state index in [1.54, 1.807) is 23.9 Å². The van der Waals surface area contributed by atoms with Crippen LogP contribution in [0.5, 0.6) is 0 Å². The molecule has 0 saturated carbocycles. The van der Waals surface area contributed by atoms with Gasteiger partial charge in [0.15, 0.2) is 0 Å². The van der Waals surface area contributed by atoms with E-state index in [4.69, 9.17) is 5.11 Å². The first-order valence-corrected chi connectivity index (χ1v) is 4.71. The van der Waals surface area contributed by atoms with Crippen LogP contribution < -0.4 is 0 Å². The van der Waals surface area contributed by atoms with Crippen molar-refractivity contribution in [3.8, 4) is 0 Å². The normalized spacial score (nSPS) is 10.6. The van der Waals surface area contributed by atoms with Crippen molar-refractivity contribution in [2.24, 2.45) is 7.05 Å². The van der Waals surface area contributed by atoms with Crippen LogP contribution in [0.3, 0.4) is 0 Å². The van der Waals surface area contributed by atoms with Crippen molar-refractivity contribution in [3.05, 3.63) is 29.5 Å². The van der Waals surface area contributed by atoms with Crippen LogP contribution in [0, 0.1) is 6.92 Å². The fourth-order valence-corrected chi connectivity index (χ4v) is 1.70. The van der Waals surface area contributed by atoms with E-state index >= 15 is 0 Å². The average Bonchev–Trinajstić information content (AvgIpc) is 2.53. The van der Waals surface area contributed by atoms with Crippen molar-refractivity contribution < 1.29 is 14.7 Å². The second-order valence-corrected chi connectivity index (χ2v) is 3.58. The maximum atomic E-state index is 11.3. The number of carboxylic acid groups (broad SMARTS) is 1. The first kappa shape index (κ1) is 10.4. The van der Waals surface area contributed by atoms with Crippen LogP contribution in [0.15, 0.2) is 18.2 Å². The van der Waals surface area contributed by atoms with Crippen molar-refractivity contribution in [1.82, 2.24) is 9.78 Å². The number of carbonyl (C=O) groups excluding carboxylic acids is 1. The van der Waals surface area contributed by atoms with E-state index in [1.165, 1.54) is 6.07 Å². The standard InChI is InChI=1S/C11H10N2O3/c1-6-8-4-3-7(10(14)11(15)16)5-9(8)13(2)12-6/h3-5H,1-2H3,(H,15,16). The lowest BCUT2D eigenvalue weighted by Crippen LogP contribution is -2.12. The van der Waals surface area contributed by atoms with Crippen LogP contribution in [0.4, 0.5) is 0 Å². The topological polar surface area (TPSA) is 72.2 Å². The molecule has 2 rings (SSSR count). The Bertz CT molecular complexity index is 599. The van der Waals surface area contributed by atoms with E-state index in [9.17, 15) is 9.59 Å². The van der Waals surface area contributed by atoms with Gasteiger partial charge < -0.3 is 5.11 Å². The third-order valence-electron chi connectivity index (χ3n) is 2.49. The highest BCUT2D eigenvalue weighted by Gasteiger charge is 2.16. The molecule has 0 aliphatic rings. The number of carbonyl (C=O) groups is 2. The van der Waals surface area contributed by atoms with Crippen molar-refractivity contribution in [3.63, 3.8) is 0 Å². The number of rotatable bonds is 2. The largest absolute Gasteiger partial charge is 0.475 e. The number of carboxylic acids is 1. The molecule has 0 fully saturated rings. The molecule has 0 bridgehead atoms. The van der Waals surface area contributed by atoms with Crippen LogP contribution in [0.25, 0.3) is 10.9 Å². The zero-order chi connectivity index (χ0) is 11.9. The molecular weight excluding hydrogens is 208 g/mol. The molecule has 0 atom stereocenters. The number of benzene rings is 1. The number of hydrogen-bond acceptors (Lipinski definition) is 3.